The molecule has 0 amide bonds. The van der Waals surface area contributed by atoms with Crippen molar-refractivity contribution in [1.82, 2.24) is 0 Å². The maximum Gasteiger partial charge on any atom is 0.185 e. The van der Waals surface area contributed by atoms with Crippen LogP contribution < -0.4 is 4.74 Å². The first kappa shape index (κ1) is 16.3. The summed E-state index contributed by atoms with van der Waals surface area (Å²) in [4.78, 5) is 12.2. The van der Waals surface area contributed by atoms with Gasteiger partial charge in [-0.05, 0) is 59.6 Å². The Kier molecular flexibility index (Phi) is 5.39. The minimum atomic E-state index is -0.0640. The van der Waals surface area contributed by atoms with E-state index >= 15 is 0 Å². The molecule has 0 saturated heterocycles. The number of carbonyl (C=O) groups is 1. The van der Waals surface area contributed by atoms with Crippen molar-refractivity contribution in [1.29, 1.82) is 0 Å². The highest BCUT2D eigenvalue weighted by Crippen LogP contribution is 2.35. The zero-order valence-corrected chi connectivity index (χ0v) is 14.1. The number of ketones is 1. The fourth-order valence-corrected chi connectivity index (χ4v) is 2.48. The molecular formula is C18H17BrO3. The topological polar surface area (TPSA) is 46.5 Å². The van der Waals surface area contributed by atoms with Crippen LogP contribution in [0.15, 0.2) is 46.9 Å². The lowest BCUT2D eigenvalue weighted by Crippen LogP contribution is -1.95. The third-order valence-electron chi connectivity index (χ3n) is 3.08. The molecule has 0 atom stereocenters. The fourth-order valence-electron chi connectivity index (χ4n) is 2.02. The lowest BCUT2D eigenvalue weighted by atomic mass is 10.1. The van der Waals surface area contributed by atoms with Crippen molar-refractivity contribution in [3.63, 3.8) is 0 Å². The number of phenols is 1. The Bertz CT molecular complexity index is 720. The minimum Gasteiger partial charge on any atom is -0.503 e. The highest BCUT2D eigenvalue weighted by molar-refractivity contribution is 9.10. The Labute approximate surface area is 138 Å². The molecule has 2 aromatic rings. The Morgan fingerprint density at radius 1 is 1.32 bits per heavy atom. The van der Waals surface area contributed by atoms with Gasteiger partial charge in [-0.15, -0.1) is 0 Å². The maximum atomic E-state index is 12.2. The van der Waals surface area contributed by atoms with Crippen LogP contribution in [0.25, 0.3) is 6.08 Å². The molecule has 2 rings (SSSR count). The summed E-state index contributed by atoms with van der Waals surface area (Å²) in [5.41, 5.74) is 2.47. The predicted octanol–water partition coefficient (Wildman–Crippen LogP) is 4.76. The maximum absolute atomic E-state index is 12.2. The summed E-state index contributed by atoms with van der Waals surface area (Å²) in [6.45, 7) is 4.25. The van der Waals surface area contributed by atoms with E-state index in [1.807, 2.05) is 32.0 Å². The third-order valence-corrected chi connectivity index (χ3v) is 3.68. The zero-order valence-electron chi connectivity index (χ0n) is 12.5. The van der Waals surface area contributed by atoms with Gasteiger partial charge in [-0.2, -0.15) is 0 Å². The molecule has 0 aliphatic carbocycles. The van der Waals surface area contributed by atoms with Crippen LogP contribution in [-0.2, 0) is 0 Å². The number of allylic oxidation sites excluding steroid dienone is 1. The van der Waals surface area contributed by atoms with E-state index in [1.54, 1.807) is 24.3 Å². The van der Waals surface area contributed by atoms with Gasteiger partial charge >= 0.3 is 0 Å². The van der Waals surface area contributed by atoms with Crippen molar-refractivity contribution < 1.29 is 14.6 Å². The molecule has 4 heteroatoms. The van der Waals surface area contributed by atoms with E-state index in [0.29, 0.717) is 22.4 Å². The van der Waals surface area contributed by atoms with E-state index < -0.39 is 0 Å². The standard InChI is InChI=1S/C18H17BrO3/c1-3-22-17-11-13(10-15(19)18(17)21)7-8-16(20)14-6-4-5-12(2)9-14/h4-11,21H,3H2,1-2H3/b8-7+. The van der Waals surface area contributed by atoms with E-state index in [4.69, 9.17) is 4.74 Å². The number of phenolic OH excluding ortho intramolecular Hbond substituents is 1. The van der Waals surface area contributed by atoms with Gasteiger partial charge in [0.2, 0.25) is 0 Å². The fraction of sp³-hybridized carbons (Fsp3) is 0.167. The number of rotatable bonds is 5. The second kappa shape index (κ2) is 7.27. The van der Waals surface area contributed by atoms with E-state index in [2.05, 4.69) is 15.9 Å². The largest absolute Gasteiger partial charge is 0.503 e. The minimum absolute atomic E-state index is 0.0593. The molecule has 1 N–H and O–H groups in total. The zero-order chi connectivity index (χ0) is 16.1. The molecule has 0 fully saturated rings. The molecule has 0 saturated carbocycles. The molecule has 0 bridgehead atoms. The first-order valence-electron chi connectivity index (χ1n) is 6.95. The molecule has 0 heterocycles. The second-order valence-corrected chi connectivity index (χ2v) is 5.70. The van der Waals surface area contributed by atoms with Gasteiger partial charge in [0.25, 0.3) is 0 Å². The average molecular weight is 361 g/mol. The SMILES string of the molecule is CCOc1cc(/C=C/C(=O)c2cccc(C)c2)cc(Br)c1O. The molecular weight excluding hydrogens is 344 g/mol. The van der Waals surface area contributed by atoms with Crippen molar-refractivity contribution in [2.45, 2.75) is 13.8 Å². The van der Waals surface area contributed by atoms with Crippen LogP contribution >= 0.6 is 15.9 Å². The van der Waals surface area contributed by atoms with Gasteiger partial charge in [0.1, 0.15) is 0 Å². The van der Waals surface area contributed by atoms with Gasteiger partial charge in [-0.3, -0.25) is 4.79 Å². The molecule has 0 aliphatic heterocycles. The van der Waals surface area contributed by atoms with Crippen LogP contribution in [0.4, 0.5) is 0 Å². The van der Waals surface area contributed by atoms with E-state index in [9.17, 15) is 9.90 Å². The molecule has 2 aromatic carbocycles. The van der Waals surface area contributed by atoms with Crippen molar-refractivity contribution in [2.75, 3.05) is 6.61 Å². The first-order chi connectivity index (χ1) is 10.5. The molecule has 22 heavy (non-hydrogen) atoms. The van der Waals surface area contributed by atoms with Crippen LogP contribution in [0.3, 0.4) is 0 Å². The van der Waals surface area contributed by atoms with Crippen molar-refractivity contribution in [3.8, 4) is 11.5 Å². The highest BCUT2D eigenvalue weighted by Gasteiger charge is 2.08. The van der Waals surface area contributed by atoms with Crippen LogP contribution in [0.5, 0.6) is 11.5 Å². The Balaban J connectivity index is 2.24. The number of benzene rings is 2. The van der Waals surface area contributed by atoms with Crippen LogP contribution in [-0.4, -0.2) is 17.5 Å². The van der Waals surface area contributed by atoms with Gasteiger partial charge in [0.05, 0.1) is 11.1 Å². The van der Waals surface area contributed by atoms with Gasteiger partial charge in [0.15, 0.2) is 17.3 Å². The molecule has 0 aromatic heterocycles. The number of aromatic hydroxyl groups is 1. The summed E-state index contributed by atoms with van der Waals surface area (Å²) in [5, 5.41) is 9.88. The van der Waals surface area contributed by atoms with Crippen LogP contribution in [0.1, 0.15) is 28.4 Å². The average Bonchev–Trinajstić information content (AvgIpc) is 2.49. The summed E-state index contributed by atoms with van der Waals surface area (Å²) < 4.78 is 5.90. The van der Waals surface area contributed by atoms with Gasteiger partial charge < -0.3 is 9.84 Å². The Morgan fingerprint density at radius 2 is 2.09 bits per heavy atom. The molecule has 0 aliphatic rings. The van der Waals surface area contributed by atoms with Gasteiger partial charge in [-0.1, -0.05) is 29.8 Å². The number of hydrogen-bond acceptors (Lipinski definition) is 3. The van der Waals surface area contributed by atoms with Crippen LogP contribution in [0.2, 0.25) is 0 Å². The normalized spacial score (nSPS) is 10.9. The number of ether oxygens (including phenoxy) is 1. The Hall–Kier alpha value is -2.07. The Morgan fingerprint density at radius 3 is 2.77 bits per heavy atom. The predicted molar refractivity (Wildman–Crippen MR) is 91.5 cm³/mol. The van der Waals surface area contributed by atoms with E-state index in [-0.39, 0.29) is 11.5 Å². The van der Waals surface area contributed by atoms with Crippen molar-refractivity contribution >= 4 is 27.8 Å². The second-order valence-electron chi connectivity index (χ2n) is 4.85. The smallest absolute Gasteiger partial charge is 0.185 e. The summed E-state index contributed by atoms with van der Waals surface area (Å²) in [5.74, 6) is 0.384. The first-order valence-corrected chi connectivity index (χ1v) is 7.75. The van der Waals surface area contributed by atoms with Gasteiger partial charge in [-0.25, -0.2) is 0 Å². The number of aryl methyl sites for hydroxylation is 1. The summed E-state index contributed by atoms with van der Waals surface area (Å²) in [7, 11) is 0. The summed E-state index contributed by atoms with van der Waals surface area (Å²) in [6.07, 6.45) is 3.22. The molecule has 3 nitrogen and oxygen atoms in total. The summed E-state index contributed by atoms with van der Waals surface area (Å²) >= 11 is 3.28. The third kappa shape index (κ3) is 3.98. The number of halogens is 1. The van der Waals surface area contributed by atoms with Gasteiger partial charge in [0, 0.05) is 5.56 Å². The number of carbonyl (C=O) groups excluding carboxylic acids is 1. The number of hydrogen-bond donors (Lipinski definition) is 1. The molecule has 0 radical (unpaired) electrons. The van der Waals surface area contributed by atoms with Crippen molar-refractivity contribution in [2.24, 2.45) is 0 Å². The van der Waals surface area contributed by atoms with Crippen molar-refractivity contribution in [3.05, 3.63) is 63.6 Å². The highest BCUT2D eigenvalue weighted by atomic mass is 79.9. The molecule has 114 valence electrons. The lowest BCUT2D eigenvalue weighted by Gasteiger charge is -2.08. The molecule has 0 unspecified atom stereocenters. The van der Waals surface area contributed by atoms with Crippen LogP contribution in [0, 0.1) is 6.92 Å². The quantitative estimate of drug-likeness (QED) is 0.617. The van der Waals surface area contributed by atoms with E-state index in [0.717, 1.165) is 11.1 Å². The van der Waals surface area contributed by atoms with E-state index in [1.165, 1.54) is 6.08 Å². The lowest BCUT2D eigenvalue weighted by molar-refractivity contribution is 0.104. The monoisotopic (exact) mass is 360 g/mol. The summed E-state index contributed by atoms with van der Waals surface area (Å²) in [6, 6.07) is 10.9. The molecule has 0 spiro atoms.